The molecular formula is C15H15N3S. The molecule has 2 aromatic rings. The third kappa shape index (κ3) is 2.27. The van der Waals surface area contributed by atoms with Crippen LogP contribution in [0.4, 0.5) is 11.4 Å². The van der Waals surface area contributed by atoms with Gasteiger partial charge in [-0.05, 0) is 30.2 Å². The van der Waals surface area contributed by atoms with Gasteiger partial charge in [0.15, 0.2) is 0 Å². The van der Waals surface area contributed by atoms with E-state index in [2.05, 4.69) is 35.8 Å². The molecule has 1 atom stereocenters. The van der Waals surface area contributed by atoms with Crippen LogP contribution in [-0.4, -0.2) is 4.99 Å². The van der Waals surface area contributed by atoms with Gasteiger partial charge in [-0.1, -0.05) is 42.5 Å². The number of hydrogen-bond acceptors (Lipinski definition) is 3. The minimum Gasteiger partial charge on any atom is -0.389 e. The number of nitrogens with two attached hydrogens (primary N) is 1. The zero-order valence-corrected chi connectivity index (χ0v) is 11.4. The molecule has 96 valence electrons. The third-order valence-corrected chi connectivity index (χ3v) is 3.54. The highest BCUT2D eigenvalue weighted by Gasteiger charge is 2.20. The molecule has 0 aliphatic carbocycles. The molecule has 1 aliphatic heterocycles. The molecular weight excluding hydrogens is 254 g/mol. The van der Waals surface area contributed by atoms with E-state index in [0.29, 0.717) is 4.99 Å². The lowest BCUT2D eigenvalue weighted by molar-refractivity contribution is 0.941. The lowest BCUT2D eigenvalue weighted by atomic mass is 10.1. The minimum atomic E-state index is 0.0946. The van der Waals surface area contributed by atoms with Crippen molar-refractivity contribution < 1.29 is 0 Å². The highest BCUT2D eigenvalue weighted by Crippen LogP contribution is 2.35. The van der Waals surface area contributed by atoms with Gasteiger partial charge in [0.05, 0.1) is 11.4 Å². The maximum atomic E-state index is 5.60. The topological polar surface area (TPSA) is 50.1 Å². The average Bonchev–Trinajstić information content (AvgIpc) is 2.81. The van der Waals surface area contributed by atoms with E-state index in [1.54, 1.807) is 0 Å². The molecule has 4 N–H and O–H groups in total. The highest BCUT2D eigenvalue weighted by molar-refractivity contribution is 7.80. The van der Waals surface area contributed by atoms with Crippen LogP contribution in [0.15, 0.2) is 42.5 Å². The molecule has 0 radical (unpaired) electrons. The fourth-order valence-corrected chi connectivity index (χ4v) is 2.39. The van der Waals surface area contributed by atoms with Crippen LogP contribution >= 0.6 is 12.2 Å². The van der Waals surface area contributed by atoms with Crippen molar-refractivity contribution in [1.29, 1.82) is 0 Å². The van der Waals surface area contributed by atoms with Crippen molar-refractivity contribution in [2.45, 2.75) is 13.1 Å². The lowest BCUT2D eigenvalue weighted by Gasteiger charge is -2.13. The third-order valence-electron chi connectivity index (χ3n) is 3.30. The summed E-state index contributed by atoms with van der Waals surface area (Å²) in [5.74, 6) is 0. The Hall–Kier alpha value is -2.07. The molecule has 0 aromatic heterocycles. The normalized spacial score (nSPS) is 16.4. The minimum absolute atomic E-state index is 0.0946. The fraction of sp³-hybridized carbons (Fsp3) is 0.133. The van der Waals surface area contributed by atoms with E-state index in [1.807, 2.05) is 24.3 Å². The first-order valence-electron chi connectivity index (χ1n) is 6.17. The van der Waals surface area contributed by atoms with Crippen LogP contribution in [0.5, 0.6) is 0 Å². The maximum absolute atomic E-state index is 5.60. The summed E-state index contributed by atoms with van der Waals surface area (Å²) >= 11 is 4.96. The number of nitrogens with one attached hydrogen (secondary N) is 2. The fourth-order valence-electron chi connectivity index (χ4n) is 2.26. The quantitative estimate of drug-likeness (QED) is 0.733. The van der Waals surface area contributed by atoms with Gasteiger partial charge in [-0.2, -0.15) is 0 Å². The Morgan fingerprint density at radius 1 is 1.05 bits per heavy atom. The van der Waals surface area contributed by atoms with Crippen LogP contribution in [0, 0.1) is 6.92 Å². The number of fused-ring (bicyclic) bond motifs is 1. The van der Waals surface area contributed by atoms with Crippen molar-refractivity contribution in [3.63, 3.8) is 0 Å². The van der Waals surface area contributed by atoms with Gasteiger partial charge in [-0.3, -0.25) is 0 Å². The van der Waals surface area contributed by atoms with Crippen LogP contribution in [0.1, 0.15) is 22.9 Å². The number of hydrogen-bond donors (Lipinski definition) is 3. The Balaban J connectivity index is 1.84. The van der Waals surface area contributed by atoms with Gasteiger partial charge < -0.3 is 16.4 Å². The van der Waals surface area contributed by atoms with Crippen molar-refractivity contribution in [2.24, 2.45) is 5.73 Å². The van der Waals surface area contributed by atoms with E-state index < -0.39 is 0 Å². The summed E-state index contributed by atoms with van der Waals surface area (Å²) in [6.07, 6.45) is 0.0946. The van der Waals surface area contributed by atoms with Gasteiger partial charge in [0.2, 0.25) is 0 Å². The summed E-state index contributed by atoms with van der Waals surface area (Å²) in [7, 11) is 0. The number of rotatable bonds is 2. The van der Waals surface area contributed by atoms with Gasteiger partial charge in [0, 0.05) is 5.56 Å². The zero-order chi connectivity index (χ0) is 13.4. The van der Waals surface area contributed by atoms with E-state index in [0.717, 1.165) is 22.5 Å². The van der Waals surface area contributed by atoms with Crippen molar-refractivity contribution in [1.82, 2.24) is 0 Å². The second-order valence-corrected chi connectivity index (χ2v) is 5.20. The van der Waals surface area contributed by atoms with Crippen LogP contribution in [0.2, 0.25) is 0 Å². The summed E-state index contributed by atoms with van der Waals surface area (Å²) < 4.78 is 0. The summed E-state index contributed by atoms with van der Waals surface area (Å²) in [6.45, 7) is 2.09. The molecule has 3 nitrogen and oxygen atoms in total. The van der Waals surface area contributed by atoms with Gasteiger partial charge in [-0.25, -0.2) is 0 Å². The molecule has 1 unspecified atom stereocenters. The lowest BCUT2D eigenvalue weighted by Crippen LogP contribution is -2.13. The summed E-state index contributed by atoms with van der Waals surface area (Å²) in [5.41, 5.74) is 11.2. The maximum Gasteiger partial charge on any atom is 0.123 e. The first-order chi connectivity index (χ1) is 9.13. The first kappa shape index (κ1) is 12.0. The van der Waals surface area contributed by atoms with Crippen molar-refractivity contribution in [3.8, 4) is 0 Å². The van der Waals surface area contributed by atoms with E-state index >= 15 is 0 Å². The molecule has 0 bridgehead atoms. The molecule has 0 saturated heterocycles. The van der Waals surface area contributed by atoms with Crippen molar-refractivity contribution in [2.75, 3.05) is 10.6 Å². The molecule has 3 rings (SSSR count). The Kier molecular flexibility index (Phi) is 2.87. The Bertz CT molecular complexity index is 634. The number of anilines is 2. The summed E-state index contributed by atoms with van der Waals surface area (Å²) in [6, 6.07) is 14.3. The summed E-state index contributed by atoms with van der Waals surface area (Å²) in [5, 5.41) is 6.92. The van der Waals surface area contributed by atoms with E-state index in [1.165, 1.54) is 5.56 Å². The Morgan fingerprint density at radius 2 is 1.74 bits per heavy atom. The van der Waals surface area contributed by atoms with Gasteiger partial charge >= 0.3 is 0 Å². The Morgan fingerprint density at radius 3 is 2.42 bits per heavy atom. The SMILES string of the molecule is Cc1ccc2c(c1)NC(c1ccc(C(N)=S)cc1)N2. The molecule has 0 fully saturated rings. The van der Waals surface area contributed by atoms with Crippen LogP contribution in [0.3, 0.4) is 0 Å². The second kappa shape index (κ2) is 4.55. The average molecular weight is 269 g/mol. The molecule has 0 spiro atoms. The zero-order valence-electron chi connectivity index (χ0n) is 10.6. The Labute approximate surface area is 117 Å². The van der Waals surface area contributed by atoms with Gasteiger partial charge in [0.25, 0.3) is 0 Å². The number of benzene rings is 2. The molecule has 2 aromatic carbocycles. The van der Waals surface area contributed by atoms with E-state index in [4.69, 9.17) is 18.0 Å². The van der Waals surface area contributed by atoms with Crippen LogP contribution < -0.4 is 16.4 Å². The number of aryl methyl sites for hydroxylation is 1. The predicted octanol–water partition coefficient (Wildman–Crippen LogP) is 3.17. The number of thiocarbonyl (C=S) groups is 1. The monoisotopic (exact) mass is 269 g/mol. The van der Waals surface area contributed by atoms with Crippen LogP contribution in [0.25, 0.3) is 0 Å². The molecule has 19 heavy (non-hydrogen) atoms. The van der Waals surface area contributed by atoms with Crippen molar-refractivity contribution >= 4 is 28.6 Å². The first-order valence-corrected chi connectivity index (χ1v) is 6.58. The van der Waals surface area contributed by atoms with Gasteiger partial charge in [-0.15, -0.1) is 0 Å². The molecule has 4 heteroatoms. The molecule has 0 saturated carbocycles. The molecule has 1 aliphatic rings. The highest BCUT2D eigenvalue weighted by atomic mass is 32.1. The van der Waals surface area contributed by atoms with Crippen molar-refractivity contribution in [3.05, 3.63) is 59.2 Å². The van der Waals surface area contributed by atoms with E-state index in [9.17, 15) is 0 Å². The van der Waals surface area contributed by atoms with Crippen LogP contribution in [-0.2, 0) is 0 Å². The molecule has 1 heterocycles. The summed E-state index contributed by atoms with van der Waals surface area (Å²) in [4.78, 5) is 0.429. The standard InChI is InChI=1S/C15H15N3S/c1-9-2-7-12-13(8-9)18-15(17-12)11-5-3-10(4-6-11)14(16)19/h2-8,15,17-18H,1H3,(H2,16,19). The largest absolute Gasteiger partial charge is 0.389 e. The predicted molar refractivity (Wildman–Crippen MR) is 83.5 cm³/mol. The van der Waals surface area contributed by atoms with Gasteiger partial charge in [0.1, 0.15) is 11.2 Å². The van der Waals surface area contributed by atoms with E-state index in [-0.39, 0.29) is 6.17 Å². The smallest absolute Gasteiger partial charge is 0.123 e. The molecule has 0 amide bonds. The second-order valence-electron chi connectivity index (χ2n) is 4.76.